The van der Waals surface area contributed by atoms with Gasteiger partial charge < -0.3 is 20.1 Å². The lowest BCUT2D eigenvalue weighted by Crippen LogP contribution is -2.22. The number of ether oxygens (including phenoxy) is 2. The van der Waals surface area contributed by atoms with Crippen LogP contribution in [0, 0.1) is 10.1 Å². The fraction of sp³-hybridized carbons (Fsp3) is 0.250. The second kappa shape index (κ2) is 14.2. The molecule has 0 aliphatic rings. The van der Waals surface area contributed by atoms with Gasteiger partial charge in [-0.25, -0.2) is 0 Å². The van der Waals surface area contributed by atoms with Gasteiger partial charge >= 0.3 is 0 Å². The van der Waals surface area contributed by atoms with E-state index >= 15 is 0 Å². The number of rotatable bonds is 12. The molecule has 0 aromatic heterocycles. The van der Waals surface area contributed by atoms with Crippen molar-refractivity contribution in [2.45, 2.75) is 20.1 Å². The Labute approximate surface area is 225 Å². The number of nitrogens with one attached hydrogen (secondary N) is 2. The van der Waals surface area contributed by atoms with E-state index in [0.29, 0.717) is 58.5 Å². The van der Waals surface area contributed by atoms with E-state index in [1.165, 1.54) is 12.1 Å². The molecule has 0 amide bonds. The van der Waals surface area contributed by atoms with Gasteiger partial charge in [0.25, 0.3) is 5.69 Å². The van der Waals surface area contributed by atoms with E-state index in [9.17, 15) is 10.1 Å². The number of anilines is 1. The van der Waals surface area contributed by atoms with Gasteiger partial charge in [-0.2, -0.15) is 0 Å². The SMILES string of the molecule is CCOc1cccc(CNCCNc2ccc([N+](=O)[O-])cc2Cl)c1OCc1ccc(Cl)cc1Cl.Cl. The van der Waals surface area contributed by atoms with Crippen molar-refractivity contribution in [3.63, 3.8) is 0 Å². The molecule has 0 aliphatic heterocycles. The summed E-state index contributed by atoms with van der Waals surface area (Å²) in [5.41, 5.74) is 2.34. The monoisotopic (exact) mass is 559 g/mol. The number of benzene rings is 3. The highest BCUT2D eigenvalue weighted by atomic mass is 35.5. The van der Waals surface area contributed by atoms with Crippen molar-refractivity contribution >= 4 is 58.6 Å². The summed E-state index contributed by atoms with van der Waals surface area (Å²) in [6.07, 6.45) is 0. The molecule has 0 spiro atoms. The first-order valence-corrected chi connectivity index (χ1v) is 11.7. The van der Waals surface area contributed by atoms with Gasteiger partial charge in [0.15, 0.2) is 11.5 Å². The summed E-state index contributed by atoms with van der Waals surface area (Å²) in [5.74, 6) is 1.30. The molecule has 2 N–H and O–H groups in total. The highest BCUT2D eigenvalue weighted by Gasteiger charge is 2.13. The molecule has 35 heavy (non-hydrogen) atoms. The molecule has 3 aromatic carbocycles. The van der Waals surface area contributed by atoms with Crippen molar-refractivity contribution in [2.75, 3.05) is 25.0 Å². The Morgan fingerprint density at radius 1 is 0.943 bits per heavy atom. The van der Waals surface area contributed by atoms with E-state index in [2.05, 4.69) is 10.6 Å². The van der Waals surface area contributed by atoms with Crippen LogP contribution in [0.25, 0.3) is 0 Å². The maximum atomic E-state index is 10.8. The van der Waals surface area contributed by atoms with Crippen molar-refractivity contribution in [1.82, 2.24) is 5.32 Å². The summed E-state index contributed by atoms with van der Waals surface area (Å²) < 4.78 is 11.9. The number of nitro groups is 1. The molecular weight excluding hydrogens is 536 g/mol. The van der Waals surface area contributed by atoms with E-state index in [1.807, 2.05) is 31.2 Å². The number of nitro benzene ring substituents is 1. The fourth-order valence-corrected chi connectivity index (χ4v) is 3.90. The standard InChI is InChI=1S/C24H24Cl3N3O4.ClH/c1-2-33-23-5-3-4-16(24(23)34-15-17-6-7-18(25)12-20(17)26)14-28-10-11-29-22-9-8-19(30(31)32)13-21(22)27;/h3-9,12-13,28-29H,2,10-11,14-15H2,1H3;1H. The molecule has 0 radical (unpaired) electrons. The lowest BCUT2D eigenvalue weighted by Gasteiger charge is -2.17. The minimum absolute atomic E-state index is 0. The van der Waals surface area contributed by atoms with Crippen LogP contribution >= 0.6 is 47.2 Å². The molecule has 11 heteroatoms. The van der Waals surface area contributed by atoms with Crippen molar-refractivity contribution < 1.29 is 14.4 Å². The van der Waals surface area contributed by atoms with Crippen LogP contribution in [0.4, 0.5) is 11.4 Å². The van der Waals surface area contributed by atoms with E-state index in [-0.39, 0.29) is 24.7 Å². The Kier molecular flexibility index (Phi) is 11.7. The number of para-hydroxylation sites is 1. The van der Waals surface area contributed by atoms with Gasteiger partial charge in [0.1, 0.15) is 6.61 Å². The predicted octanol–water partition coefficient (Wildman–Crippen LogP) is 7.16. The normalized spacial score (nSPS) is 10.4. The molecule has 188 valence electrons. The Hall–Kier alpha value is -2.42. The van der Waals surface area contributed by atoms with Crippen molar-refractivity contribution in [3.8, 4) is 11.5 Å². The van der Waals surface area contributed by atoms with E-state index < -0.39 is 4.92 Å². The number of hydrogen-bond donors (Lipinski definition) is 2. The quantitative estimate of drug-likeness (QED) is 0.139. The van der Waals surface area contributed by atoms with Crippen molar-refractivity contribution in [3.05, 3.63) is 90.9 Å². The summed E-state index contributed by atoms with van der Waals surface area (Å²) in [4.78, 5) is 10.4. The molecule has 0 bridgehead atoms. The molecule has 3 aromatic rings. The number of hydrogen-bond acceptors (Lipinski definition) is 6. The van der Waals surface area contributed by atoms with Gasteiger partial charge in [-0.3, -0.25) is 10.1 Å². The zero-order valence-electron chi connectivity index (χ0n) is 18.9. The van der Waals surface area contributed by atoms with Crippen LogP contribution in [0.1, 0.15) is 18.1 Å². The van der Waals surface area contributed by atoms with Gasteiger partial charge in [-0.15, -0.1) is 12.4 Å². The van der Waals surface area contributed by atoms with Crippen LogP contribution in [0.5, 0.6) is 11.5 Å². The first-order valence-electron chi connectivity index (χ1n) is 10.6. The van der Waals surface area contributed by atoms with Gasteiger partial charge in [0.05, 0.1) is 22.2 Å². The third-order valence-corrected chi connectivity index (χ3v) is 5.74. The smallest absolute Gasteiger partial charge is 0.271 e. The zero-order valence-corrected chi connectivity index (χ0v) is 21.9. The molecule has 0 fully saturated rings. The van der Waals surface area contributed by atoms with Gasteiger partial charge in [0, 0.05) is 52.9 Å². The van der Waals surface area contributed by atoms with Gasteiger partial charge in [0.2, 0.25) is 0 Å². The summed E-state index contributed by atoms with van der Waals surface area (Å²) >= 11 is 18.4. The highest BCUT2D eigenvalue weighted by Crippen LogP contribution is 2.33. The third kappa shape index (κ3) is 8.33. The molecule has 0 saturated carbocycles. The maximum absolute atomic E-state index is 10.8. The Bertz CT molecular complexity index is 1150. The second-order valence-corrected chi connectivity index (χ2v) is 8.48. The van der Waals surface area contributed by atoms with Crippen molar-refractivity contribution in [1.29, 1.82) is 0 Å². The van der Waals surface area contributed by atoms with E-state index in [1.54, 1.807) is 18.2 Å². The first-order chi connectivity index (χ1) is 16.4. The summed E-state index contributed by atoms with van der Waals surface area (Å²) in [6.45, 7) is 4.43. The topological polar surface area (TPSA) is 85.7 Å². The number of nitrogens with zero attached hydrogens (tertiary/aromatic N) is 1. The summed E-state index contributed by atoms with van der Waals surface area (Å²) in [6, 6.07) is 15.4. The molecule has 0 atom stereocenters. The second-order valence-electron chi connectivity index (χ2n) is 7.23. The minimum atomic E-state index is -0.478. The first kappa shape index (κ1) is 28.8. The summed E-state index contributed by atoms with van der Waals surface area (Å²) in [5, 5.41) is 18.8. The number of non-ortho nitro benzene ring substituents is 1. The van der Waals surface area contributed by atoms with Crippen molar-refractivity contribution in [2.24, 2.45) is 0 Å². The number of halogens is 4. The summed E-state index contributed by atoms with van der Waals surface area (Å²) in [7, 11) is 0. The Balaban J connectivity index is 0.00000432. The average Bonchev–Trinajstić information content (AvgIpc) is 2.80. The Morgan fingerprint density at radius 3 is 2.43 bits per heavy atom. The van der Waals surface area contributed by atoms with Crippen LogP contribution in [0.2, 0.25) is 15.1 Å². The third-order valence-electron chi connectivity index (χ3n) is 4.84. The highest BCUT2D eigenvalue weighted by molar-refractivity contribution is 6.35. The molecule has 0 heterocycles. The van der Waals surface area contributed by atoms with E-state index in [4.69, 9.17) is 44.3 Å². The molecule has 0 unspecified atom stereocenters. The van der Waals surface area contributed by atoms with Crippen LogP contribution in [-0.4, -0.2) is 24.6 Å². The molecule has 3 rings (SSSR count). The lowest BCUT2D eigenvalue weighted by molar-refractivity contribution is -0.384. The van der Waals surface area contributed by atoms with Crippen LogP contribution in [0.3, 0.4) is 0 Å². The molecule has 0 aliphatic carbocycles. The molecular formula is C24H25Cl4N3O4. The average molecular weight is 561 g/mol. The lowest BCUT2D eigenvalue weighted by atomic mass is 10.1. The largest absolute Gasteiger partial charge is 0.490 e. The van der Waals surface area contributed by atoms with E-state index in [0.717, 1.165) is 11.1 Å². The zero-order chi connectivity index (χ0) is 24.5. The molecule has 7 nitrogen and oxygen atoms in total. The van der Waals surface area contributed by atoms with Gasteiger partial charge in [-0.1, -0.05) is 53.0 Å². The maximum Gasteiger partial charge on any atom is 0.271 e. The van der Waals surface area contributed by atoms with Crippen LogP contribution in [-0.2, 0) is 13.2 Å². The fourth-order valence-electron chi connectivity index (χ4n) is 3.19. The predicted molar refractivity (Wildman–Crippen MR) is 144 cm³/mol. The minimum Gasteiger partial charge on any atom is -0.490 e. The van der Waals surface area contributed by atoms with Crippen LogP contribution < -0.4 is 20.1 Å². The van der Waals surface area contributed by atoms with Gasteiger partial charge in [-0.05, 0) is 31.2 Å². The molecule has 0 saturated heterocycles. The van der Waals surface area contributed by atoms with Crippen LogP contribution in [0.15, 0.2) is 54.6 Å². The Morgan fingerprint density at radius 2 is 1.74 bits per heavy atom.